The van der Waals surface area contributed by atoms with Gasteiger partial charge in [0.25, 0.3) is 0 Å². The van der Waals surface area contributed by atoms with Gasteiger partial charge in [-0.3, -0.25) is 0 Å². The Morgan fingerprint density at radius 3 is 2.50 bits per heavy atom. The molecular formula is C8H14N4. The molecule has 0 aliphatic rings. The largest absolute Gasteiger partial charge is 0.383 e. The van der Waals surface area contributed by atoms with Crippen LogP contribution in [0.2, 0.25) is 0 Å². The van der Waals surface area contributed by atoms with Crippen molar-refractivity contribution in [1.82, 2.24) is 9.97 Å². The summed E-state index contributed by atoms with van der Waals surface area (Å²) in [4.78, 5) is 10.0. The van der Waals surface area contributed by atoms with E-state index in [1.54, 1.807) is 0 Å². The van der Waals surface area contributed by atoms with Crippen LogP contribution in [0.3, 0.4) is 0 Å². The maximum atomic E-state index is 5.69. The van der Waals surface area contributed by atoms with Crippen LogP contribution in [0, 0.1) is 0 Å². The molecule has 2 N–H and O–H groups in total. The fourth-order valence-electron chi connectivity index (χ4n) is 1.14. The summed E-state index contributed by atoms with van der Waals surface area (Å²) < 4.78 is 0. The van der Waals surface area contributed by atoms with E-state index >= 15 is 0 Å². The first-order chi connectivity index (χ1) is 5.66. The molecular weight excluding hydrogens is 152 g/mol. The van der Waals surface area contributed by atoms with E-state index in [0.717, 1.165) is 17.8 Å². The number of nitrogens with two attached hydrogens (primary N) is 1. The Bertz CT molecular complexity index is 270. The van der Waals surface area contributed by atoms with Crippen molar-refractivity contribution in [2.75, 3.05) is 24.7 Å². The molecule has 0 bridgehead atoms. The van der Waals surface area contributed by atoms with E-state index in [9.17, 15) is 0 Å². The minimum atomic E-state index is 0.580. The molecule has 0 saturated carbocycles. The maximum Gasteiger partial charge on any atom is 0.136 e. The van der Waals surface area contributed by atoms with Gasteiger partial charge in [-0.05, 0) is 6.42 Å². The Balaban J connectivity index is 3.18. The van der Waals surface area contributed by atoms with Crippen LogP contribution >= 0.6 is 0 Å². The second-order valence-corrected chi connectivity index (χ2v) is 2.81. The molecule has 0 radical (unpaired) electrons. The molecule has 0 amide bonds. The Kier molecular flexibility index (Phi) is 2.47. The van der Waals surface area contributed by atoms with Crippen molar-refractivity contribution < 1.29 is 0 Å². The number of nitrogens with zero attached hydrogens (tertiary/aromatic N) is 3. The lowest BCUT2D eigenvalue weighted by Crippen LogP contribution is -2.14. The molecule has 1 aromatic rings. The Morgan fingerprint density at radius 1 is 1.42 bits per heavy atom. The highest BCUT2D eigenvalue weighted by molar-refractivity contribution is 5.55. The molecule has 1 aromatic heterocycles. The lowest BCUT2D eigenvalue weighted by molar-refractivity contribution is 0.981. The van der Waals surface area contributed by atoms with Crippen molar-refractivity contribution in [1.29, 1.82) is 0 Å². The van der Waals surface area contributed by atoms with E-state index in [0.29, 0.717) is 5.82 Å². The van der Waals surface area contributed by atoms with Crippen LogP contribution in [-0.4, -0.2) is 24.1 Å². The Morgan fingerprint density at radius 2 is 2.08 bits per heavy atom. The van der Waals surface area contributed by atoms with Gasteiger partial charge in [0.2, 0.25) is 0 Å². The molecule has 0 aliphatic heterocycles. The SMILES string of the molecule is CCc1c(N)ncnc1N(C)C. The zero-order valence-electron chi connectivity index (χ0n) is 7.70. The highest BCUT2D eigenvalue weighted by Crippen LogP contribution is 2.19. The lowest BCUT2D eigenvalue weighted by Gasteiger charge is -2.15. The average molecular weight is 166 g/mol. The van der Waals surface area contributed by atoms with Gasteiger partial charge in [0.05, 0.1) is 0 Å². The van der Waals surface area contributed by atoms with Crippen molar-refractivity contribution in [3.63, 3.8) is 0 Å². The predicted molar refractivity (Wildman–Crippen MR) is 50.1 cm³/mol. The number of hydrogen-bond donors (Lipinski definition) is 1. The molecule has 0 atom stereocenters. The summed E-state index contributed by atoms with van der Waals surface area (Å²) >= 11 is 0. The molecule has 66 valence electrons. The first-order valence-electron chi connectivity index (χ1n) is 3.93. The monoisotopic (exact) mass is 166 g/mol. The van der Waals surface area contributed by atoms with Crippen molar-refractivity contribution >= 4 is 11.6 Å². The molecule has 12 heavy (non-hydrogen) atoms. The van der Waals surface area contributed by atoms with Crippen LogP contribution in [0.15, 0.2) is 6.33 Å². The van der Waals surface area contributed by atoms with E-state index in [1.807, 2.05) is 25.9 Å². The van der Waals surface area contributed by atoms with Gasteiger partial charge >= 0.3 is 0 Å². The van der Waals surface area contributed by atoms with Crippen LogP contribution in [0.5, 0.6) is 0 Å². The molecule has 0 unspecified atom stereocenters. The van der Waals surface area contributed by atoms with Gasteiger partial charge in [-0.25, -0.2) is 9.97 Å². The molecule has 1 heterocycles. The smallest absolute Gasteiger partial charge is 0.136 e. The summed E-state index contributed by atoms with van der Waals surface area (Å²) in [5, 5.41) is 0. The van der Waals surface area contributed by atoms with Gasteiger partial charge in [0.1, 0.15) is 18.0 Å². The molecule has 0 saturated heterocycles. The zero-order valence-corrected chi connectivity index (χ0v) is 7.70. The highest BCUT2D eigenvalue weighted by Gasteiger charge is 2.07. The molecule has 0 fully saturated rings. The molecule has 4 heteroatoms. The van der Waals surface area contributed by atoms with Crippen molar-refractivity contribution in [3.8, 4) is 0 Å². The first-order valence-corrected chi connectivity index (χ1v) is 3.93. The van der Waals surface area contributed by atoms with Crippen LogP contribution in [0.4, 0.5) is 11.6 Å². The number of nitrogen functional groups attached to an aromatic ring is 1. The van der Waals surface area contributed by atoms with Gasteiger partial charge in [-0.2, -0.15) is 0 Å². The molecule has 0 aromatic carbocycles. The second-order valence-electron chi connectivity index (χ2n) is 2.81. The third-order valence-electron chi connectivity index (χ3n) is 1.73. The van der Waals surface area contributed by atoms with E-state index < -0.39 is 0 Å². The standard InChI is InChI=1S/C8H14N4/c1-4-6-7(9)10-5-11-8(6)12(2)3/h5H,4H2,1-3H3,(H2,9,10,11). The summed E-state index contributed by atoms with van der Waals surface area (Å²) in [6, 6.07) is 0. The maximum absolute atomic E-state index is 5.69. The lowest BCUT2D eigenvalue weighted by atomic mass is 10.2. The summed E-state index contributed by atoms with van der Waals surface area (Å²) in [6.07, 6.45) is 2.35. The van der Waals surface area contributed by atoms with Gasteiger partial charge in [0.15, 0.2) is 0 Å². The quantitative estimate of drug-likeness (QED) is 0.702. The number of rotatable bonds is 2. The third-order valence-corrected chi connectivity index (χ3v) is 1.73. The number of anilines is 2. The fraction of sp³-hybridized carbons (Fsp3) is 0.500. The van der Waals surface area contributed by atoms with E-state index in [-0.39, 0.29) is 0 Å². The van der Waals surface area contributed by atoms with E-state index in [2.05, 4.69) is 9.97 Å². The molecule has 4 nitrogen and oxygen atoms in total. The van der Waals surface area contributed by atoms with Crippen LogP contribution < -0.4 is 10.6 Å². The average Bonchev–Trinajstić information content (AvgIpc) is 2.03. The second kappa shape index (κ2) is 3.38. The molecule has 0 aliphatic carbocycles. The predicted octanol–water partition coefficient (Wildman–Crippen LogP) is 0.687. The zero-order chi connectivity index (χ0) is 9.14. The topological polar surface area (TPSA) is 55.0 Å². The highest BCUT2D eigenvalue weighted by atomic mass is 15.1. The number of aromatic nitrogens is 2. The molecule has 1 rings (SSSR count). The molecule has 0 spiro atoms. The fourth-order valence-corrected chi connectivity index (χ4v) is 1.14. The number of hydrogen-bond acceptors (Lipinski definition) is 4. The summed E-state index contributed by atoms with van der Waals surface area (Å²) in [7, 11) is 3.89. The van der Waals surface area contributed by atoms with Gasteiger partial charge in [-0.1, -0.05) is 6.92 Å². The normalized spacial score (nSPS) is 9.92. The van der Waals surface area contributed by atoms with Gasteiger partial charge < -0.3 is 10.6 Å². The minimum absolute atomic E-state index is 0.580. The minimum Gasteiger partial charge on any atom is -0.383 e. The Labute approximate surface area is 72.4 Å². The van der Waals surface area contributed by atoms with Gasteiger partial charge in [-0.15, -0.1) is 0 Å². The van der Waals surface area contributed by atoms with E-state index in [1.165, 1.54) is 6.33 Å². The summed E-state index contributed by atoms with van der Waals surface area (Å²) in [6.45, 7) is 2.04. The van der Waals surface area contributed by atoms with Crippen LogP contribution in [0.25, 0.3) is 0 Å². The van der Waals surface area contributed by atoms with Gasteiger partial charge in [0, 0.05) is 19.7 Å². The van der Waals surface area contributed by atoms with Crippen LogP contribution in [0.1, 0.15) is 12.5 Å². The van der Waals surface area contributed by atoms with Crippen molar-refractivity contribution in [2.24, 2.45) is 0 Å². The van der Waals surface area contributed by atoms with Crippen LogP contribution in [-0.2, 0) is 6.42 Å². The van der Waals surface area contributed by atoms with E-state index in [4.69, 9.17) is 5.73 Å². The first kappa shape index (κ1) is 8.77. The Hall–Kier alpha value is -1.32. The summed E-state index contributed by atoms with van der Waals surface area (Å²) in [5.74, 6) is 1.49. The summed E-state index contributed by atoms with van der Waals surface area (Å²) in [5.41, 5.74) is 6.71. The van der Waals surface area contributed by atoms with Crippen molar-refractivity contribution in [2.45, 2.75) is 13.3 Å². The van der Waals surface area contributed by atoms with Crippen molar-refractivity contribution in [3.05, 3.63) is 11.9 Å². The third kappa shape index (κ3) is 1.47.